The molecule has 2 rings (SSSR count). The van der Waals surface area contributed by atoms with Crippen LogP contribution in [0.1, 0.15) is 11.1 Å². The lowest BCUT2D eigenvalue weighted by Crippen LogP contribution is -2.23. The van der Waals surface area contributed by atoms with Gasteiger partial charge in [0.25, 0.3) is 11.6 Å². The van der Waals surface area contributed by atoms with Crippen LogP contribution < -0.4 is 10.1 Å². The van der Waals surface area contributed by atoms with E-state index < -0.39 is 23.4 Å². The van der Waals surface area contributed by atoms with Crippen LogP contribution in [-0.4, -0.2) is 30.0 Å². The van der Waals surface area contributed by atoms with E-state index in [-0.39, 0.29) is 18.0 Å². The second kappa shape index (κ2) is 8.61. The summed E-state index contributed by atoms with van der Waals surface area (Å²) >= 11 is 0. The van der Waals surface area contributed by atoms with Gasteiger partial charge in [-0.1, -0.05) is 24.3 Å². The Labute approximate surface area is 149 Å². The number of carbonyl (C=O) groups is 2. The predicted molar refractivity (Wildman–Crippen MR) is 94.1 cm³/mol. The number of nitrogens with zero attached hydrogens (tertiary/aromatic N) is 1. The maximum atomic E-state index is 11.8. The molecule has 1 amide bonds. The van der Waals surface area contributed by atoms with Gasteiger partial charge < -0.3 is 14.8 Å². The Hall–Kier alpha value is -3.42. The number of nitro groups is 1. The first-order chi connectivity index (χ1) is 12.4. The number of non-ortho nitro benzene ring substituents is 1. The molecule has 8 nitrogen and oxygen atoms in total. The highest BCUT2D eigenvalue weighted by Gasteiger charge is 2.12. The summed E-state index contributed by atoms with van der Waals surface area (Å²) in [6, 6.07) is 11.1. The SMILES string of the molecule is Cc1cccc(C)c1OCC(=O)OCC(=O)Nc1cccc([N+](=O)[O-])c1. The standard InChI is InChI=1S/C18H18N2O6/c1-12-5-3-6-13(2)18(12)26-11-17(22)25-10-16(21)19-14-7-4-8-15(9-14)20(23)24/h3-9H,10-11H2,1-2H3,(H,19,21). The summed E-state index contributed by atoms with van der Waals surface area (Å²) in [5.74, 6) is -0.696. The van der Waals surface area contributed by atoms with Gasteiger partial charge in [0.2, 0.25) is 0 Å². The summed E-state index contributed by atoms with van der Waals surface area (Å²) in [4.78, 5) is 33.6. The van der Waals surface area contributed by atoms with Gasteiger partial charge in [-0.3, -0.25) is 14.9 Å². The van der Waals surface area contributed by atoms with Crippen molar-refractivity contribution in [2.24, 2.45) is 0 Å². The van der Waals surface area contributed by atoms with Gasteiger partial charge in [0.05, 0.1) is 4.92 Å². The van der Waals surface area contributed by atoms with Crippen molar-refractivity contribution in [3.63, 3.8) is 0 Å². The Balaban J connectivity index is 1.81. The van der Waals surface area contributed by atoms with Crippen LogP contribution in [0.25, 0.3) is 0 Å². The first kappa shape index (κ1) is 18.9. The molecule has 0 fully saturated rings. The number of benzene rings is 2. The van der Waals surface area contributed by atoms with Crippen molar-refractivity contribution in [1.29, 1.82) is 0 Å². The van der Waals surface area contributed by atoms with Gasteiger partial charge >= 0.3 is 5.97 Å². The van der Waals surface area contributed by atoms with Gasteiger partial charge in [-0.25, -0.2) is 4.79 Å². The van der Waals surface area contributed by atoms with Gasteiger partial charge in [0, 0.05) is 17.8 Å². The fraction of sp³-hybridized carbons (Fsp3) is 0.222. The number of aryl methyl sites for hydroxylation is 2. The van der Waals surface area contributed by atoms with E-state index in [1.165, 1.54) is 24.3 Å². The highest BCUT2D eigenvalue weighted by Crippen LogP contribution is 2.22. The third-order valence-corrected chi connectivity index (χ3v) is 3.45. The van der Waals surface area contributed by atoms with Crippen LogP contribution in [0.3, 0.4) is 0 Å². The van der Waals surface area contributed by atoms with E-state index in [2.05, 4.69) is 5.32 Å². The van der Waals surface area contributed by atoms with Crippen molar-refractivity contribution in [2.75, 3.05) is 18.5 Å². The van der Waals surface area contributed by atoms with Gasteiger partial charge in [-0.15, -0.1) is 0 Å². The number of hydrogen-bond acceptors (Lipinski definition) is 6. The van der Waals surface area contributed by atoms with Gasteiger partial charge in [0.1, 0.15) is 5.75 Å². The molecule has 0 atom stereocenters. The predicted octanol–water partition coefficient (Wildman–Crippen LogP) is 2.77. The smallest absolute Gasteiger partial charge is 0.344 e. The quantitative estimate of drug-likeness (QED) is 0.463. The second-order valence-electron chi connectivity index (χ2n) is 5.53. The van der Waals surface area contributed by atoms with E-state index in [1.54, 1.807) is 0 Å². The molecule has 0 radical (unpaired) electrons. The van der Waals surface area contributed by atoms with E-state index in [0.29, 0.717) is 5.75 Å². The largest absolute Gasteiger partial charge is 0.481 e. The highest BCUT2D eigenvalue weighted by molar-refractivity contribution is 5.93. The molecule has 136 valence electrons. The molecule has 0 spiro atoms. The molecule has 26 heavy (non-hydrogen) atoms. The first-order valence-corrected chi connectivity index (χ1v) is 7.76. The number of nitrogens with one attached hydrogen (secondary N) is 1. The van der Waals surface area contributed by atoms with E-state index in [1.807, 2.05) is 32.0 Å². The number of carbonyl (C=O) groups excluding carboxylic acids is 2. The van der Waals surface area contributed by atoms with Crippen LogP contribution in [0.4, 0.5) is 11.4 Å². The molecule has 0 aliphatic carbocycles. The number of rotatable bonds is 7. The molecule has 8 heteroatoms. The zero-order chi connectivity index (χ0) is 19.1. The Morgan fingerprint density at radius 2 is 1.73 bits per heavy atom. The summed E-state index contributed by atoms with van der Waals surface area (Å²) in [5.41, 5.74) is 1.87. The summed E-state index contributed by atoms with van der Waals surface area (Å²) in [5, 5.41) is 13.1. The Bertz CT molecular complexity index is 814. The Morgan fingerprint density at radius 1 is 1.08 bits per heavy atom. The van der Waals surface area contributed by atoms with Gasteiger partial charge in [0.15, 0.2) is 13.2 Å². The number of para-hydroxylation sites is 1. The molecular formula is C18H18N2O6. The zero-order valence-electron chi connectivity index (χ0n) is 14.4. The summed E-state index contributed by atoms with van der Waals surface area (Å²) < 4.78 is 10.3. The van der Waals surface area contributed by atoms with Crippen molar-refractivity contribution in [2.45, 2.75) is 13.8 Å². The van der Waals surface area contributed by atoms with Crippen LogP contribution in [0, 0.1) is 24.0 Å². The molecule has 0 saturated carbocycles. The number of nitro benzene ring substituents is 1. The summed E-state index contributed by atoms with van der Waals surface area (Å²) in [7, 11) is 0. The number of hydrogen-bond donors (Lipinski definition) is 1. The van der Waals surface area contributed by atoms with E-state index in [0.717, 1.165) is 11.1 Å². The van der Waals surface area contributed by atoms with Gasteiger partial charge in [-0.05, 0) is 31.0 Å². The van der Waals surface area contributed by atoms with Gasteiger partial charge in [-0.2, -0.15) is 0 Å². The molecular weight excluding hydrogens is 340 g/mol. The van der Waals surface area contributed by atoms with Crippen LogP contribution in [0.15, 0.2) is 42.5 Å². The molecule has 1 N–H and O–H groups in total. The lowest BCUT2D eigenvalue weighted by atomic mass is 10.1. The number of amides is 1. The average Bonchev–Trinajstić information content (AvgIpc) is 2.59. The van der Waals surface area contributed by atoms with E-state index in [9.17, 15) is 19.7 Å². The number of esters is 1. The molecule has 0 aromatic heterocycles. The van der Waals surface area contributed by atoms with Crippen LogP contribution in [0.5, 0.6) is 5.75 Å². The van der Waals surface area contributed by atoms with Crippen molar-refractivity contribution >= 4 is 23.3 Å². The summed E-state index contributed by atoms with van der Waals surface area (Å²) in [6.07, 6.45) is 0. The third kappa shape index (κ3) is 5.30. The van der Waals surface area contributed by atoms with E-state index in [4.69, 9.17) is 9.47 Å². The Kier molecular flexibility index (Phi) is 6.26. The lowest BCUT2D eigenvalue weighted by molar-refractivity contribution is -0.384. The molecule has 0 saturated heterocycles. The zero-order valence-corrected chi connectivity index (χ0v) is 14.4. The maximum Gasteiger partial charge on any atom is 0.344 e. The van der Waals surface area contributed by atoms with Crippen molar-refractivity contribution < 1.29 is 24.0 Å². The van der Waals surface area contributed by atoms with Crippen molar-refractivity contribution in [3.05, 3.63) is 63.7 Å². The molecule has 0 unspecified atom stereocenters. The normalized spacial score (nSPS) is 10.1. The fourth-order valence-corrected chi connectivity index (χ4v) is 2.24. The molecule has 2 aromatic carbocycles. The average molecular weight is 358 g/mol. The van der Waals surface area contributed by atoms with E-state index >= 15 is 0 Å². The topological polar surface area (TPSA) is 108 Å². The van der Waals surface area contributed by atoms with Crippen molar-refractivity contribution in [3.8, 4) is 5.75 Å². The minimum absolute atomic E-state index is 0.151. The number of anilines is 1. The number of ether oxygens (including phenoxy) is 2. The third-order valence-electron chi connectivity index (χ3n) is 3.45. The maximum absolute atomic E-state index is 11.8. The minimum Gasteiger partial charge on any atom is -0.481 e. The van der Waals surface area contributed by atoms with Crippen molar-refractivity contribution in [1.82, 2.24) is 0 Å². The molecule has 0 bridgehead atoms. The highest BCUT2D eigenvalue weighted by atomic mass is 16.6. The minimum atomic E-state index is -0.693. The van der Waals surface area contributed by atoms with Crippen LogP contribution in [-0.2, 0) is 14.3 Å². The first-order valence-electron chi connectivity index (χ1n) is 7.76. The Morgan fingerprint density at radius 3 is 2.38 bits per heavy atom. The molecule has 2 aromatic rings. The fourth-order valence-electron chi connectivity index (χ4n) is 2.24. The van der Waals surface area contributed by atoms with Crippen LogP contribution in [0.2, 0.25) is 0 Å². The lowest BCUT2D eigenvalue weighted by Gasteiger charge is -2.11. The van der Waals surface area contributed by atoms with Crippen LogP contribution >= 0.6 is 0 Å². The monoisotopic (exact) mass is 358 g/mol. The summed E-state index contributed by atoms with van der Waals surface area (Å²) in [6.45, 7) is 2.88. The molecule has 0 heterocycles. The molecule has 0 aliphatic rings. The molecule has 0 aliphatic heterocycles. The second-order valence-corrected chi connectivity index (χ2v) is 5.53.